The highest BCUT2D eigenvalue weighted by molar-refractivity contribution is 7.93. The molecule has 0 aliphatic heterocycles. The number of anilines is 4. The van der Waals surface area contributed by atoms with Crippen LogP contribution in [0.2, 0.25) is 20.1 Å². The van der Waals surface area contributed by atoms with Crippen LogP contribution in [0.5, 0.6) is 0 Å². The van der Waals surface area contributed by atoms with E-state index in [1.165, 1.54) is 59.3 Å². The Kier molecular flexibility index (Phi) is 27.5. The van der Waals surface area contributed by atoms with E-state index in [-0.39, 0.29) is 156 Å². The zero-order valence-corrected chi connectivity index (χ0v) is 81.2. The molecule has 12 heterocycles. The van der Waals surface area contributed by atoms with Crippen molar-refractivity contribution in [1.82, 2.24) is 97.3 Å². The minimum Gasteiger partial charge on any atom is -0.268 e. The summed E-state index contributed by atoms with van der Waals surface area (Å²) in [6.45, 7) is 18.7. The van der Waals surface area contributed by atoms with Crippen molar-refractivity contribution in [3.63, 3.8) is 0 Å². The summed E-state index contributed by atoms with van der Waals surface area (Å²) in [7, 11) is -13.4. The maximum atomic E-state index is 13.7. The molecule has 0 amide bonds. The Hall–Kier alpha value is -12.4. The van der Waals surface area contributed by atoms with Gasteiger partial charge in [-0.3, -0.25) is 75.1 Å². The maximum Gasteiger partial charge on any atom is 0.408 e. The molecule has 12 aromatic heterocycles. The first-order valence-electron chi connectivity index (χ1n) is 41.4. The largest absolute Gasteiger partial charge is 0.408 e. The van der Waals surface area contributed by atoms with Crippen LogP contribution in [0.25, 0.3) is 110 Å². The highest BCUT2D eigenvalue weighted by Crippen LogP contribution is 2.43. The number of aryl methyl sites for hydroxylation is 5. The van der Waals surface area contributed by atoms with Gasteiger partial charge in [-0.25, -0.2) is 91.1 Å². The monoisotopic (exact) mass is 2030 g/mol. The van der Waals surface area contributed by atoms with Gasteiger partial charge >= 0.3 is 6.18 Å². The summed E-state index contributed by atoms with van der Waals surface area (Å²) in [6.07, 6.45) is -6.50. The summed E-state index contributed by atoms with van der Waals surface area (Å²) < 4.78 is 209. The molecule has 16 aromatic rings. The third kappa shape index (κ3) is 20.5. The minimum atomic E-state index is -4.70. The molecule has 36 nitrogen and oxygen atoms in total. The van der Waals surface area contributed by atoms with Gasteiger partial charge in [0, 0.05) is 53.5 Å². The van der Waals surface area contributed by atoms with Crippen LogP contribution in [-0.4, -0.2) is 174 Å². The number of sulfonamides is 4. The van der Waals surface area contributed by atoms with E-state index >= 15 is 0 Å². The lowest BCUT2D eigenvalue weighted by molar-refractivity contribution is -0.141. The fraction of sp³-hybridized carbons (Fsp3) is 0.341. The molecule has 718 valence electrons. The second-order valence-corrected chi connectivity index (χ2v) is 42.3. The highest BCUT2D eigenvalue weighted by atomic mass is 35.5. The predicted octanol–water partition coefficient (Wildman–Crippen LogP) is 15.5. The fourth-order valence-electron chi connectivity index (χ4n) is 15.3. The van der Waals surface area contributed by atoms with E-state index in [2.05, 4.69) is 79.2 Å². The predicted molar refractivity (Wildman–Crippen MR) is 509 cm³/mol. The van der Waals surface area contributed by atoms with E-state index in [1.54, 1.807) is 102 Å². The Bertz CT molecular complexity index is 8380. The number of halogens is 11. The zero-order valence-electron chi connectivity index (χ0n) is 74.9. The number of pyridine rings is 4. The molecular weight excluding hydrogens is 1950 g/mol. The number of rotatable bonds is 22. The lowest BCUT2D eigenvalue weighted by Gasteiger charge is -2.18. The van der Waals surface area contributed by atoms with Gasteiger partial charge in [0.15, 0.2) is 45.9 Å². The number of hydrogen-bond donors (Lipinski definition) is 4. The number of nitrogens with one attached hydrogen (secondary N) is 4. The van der Waals surface area contributed by atoms with Crippen LogP contribution in [0.15, 0.2) is 116 Å². The molecule has 0 unspecified atom stereocenters. The zero-order chi connectivity index (χ0) is 99.4. The summed E-state index contributed by atoms with van der Waals surface area (Å²) in [4.78, 5) is 90.4. The van der Waals surface area contributed by atoms with Crippen molar-refractivity contribution in [3.8, 4) is 22.7 Å². The molecule has 1 saturated carbocycles. The van der Waals surface area contributed by atoms with E-state index in [1.807, 2.05) is 48.5 Å². The lowest BCUT2D eigenvalue weighted by Crippen LogP contribution is -2.26. The topological polar surface area (TPSA) is 447 Å². The Morgan fingerprint density at radius 1 is 0.368 bits per heavy atom. The molecule has 4 aromatic carbocycles. The molecule has 1 aliphatic carbocycles. The van der Waals surface area contributed by atoms with Crippen LogP contribution in [-0.2, 0) is 66.8 Å². The van der Waals surface area contributed by atoms with Crippen molar-refractivity contribution in [2.24, 2.45) is 7.05 Å². The van der Waals surface area contributed by atoms with Crippen LogP contribution >= 0.6 is 46.4 Å². The second kappa shape index (κ2) is 37.6. The summed E-state index contributed by atoms with van der Waals surface area (Å²) >= 11 is 25.6. The summed E-state index contributed by atoms with van der Waals surface area (Å²) in [5.41, 5.74) is 3.66. The first-order valence-corrected chi connectivity index (χ1v) is 50.1. The Morgan fingerprint density at radius 3 is 0.875 bits per heavy atom. The second-order valence-electron chi connectivity index (χ2n) is 33.4. The standard InChI is InChI=1S/C23H23ClF2N6O3S.C21H20ClF3N6O3S.C21H21ClF2N6O3S.C20H21ClN6O3S/c1-11(2)22-28-20-14(7-4-12(3)27-20)23(33)32(22)16-9-8-15(24)18-19(16)31(10-17(25)26)29-21(18)30-36(34,35)13-5-6-13;1-10(2)19-27-17-12(6-5-11(3)26-17)20(32)31(19)14-8-7-13(22)15-16(14)30(9-21(23,24)25)28-18(15)29-35(4,33)34;1-10(2)20-26-18-12(6-5-11(3)25-18)21(31)30(20)14-8-7-13(22)16-17(14)29(9-15(23)24)27-19(16)28-34(4,32)33;1-10(2)19-23-17-12(7-6-11(3)22-17)20(28)27(19)14-9-8-13(21)15-16(14)26(4)24-18(15)25-31(5,29)30/h4,7-9,11,13,17H,5-6,10H2,1-3H3,(H,29,30);5-8,10H,9H2,1-4H3,(H,28,29);5-8,10,15H,9H2,1-4H3,(H,27,28);6-10H,1-5H3,(H,24,25). The van der Waals surface area contributed by atoms with E-state index in [4.69, 9.17) is 46.4 Å². The van der Waals surface area contributed by atoms with Gasteiger partial charge in [0.1, 0.15) is 42.9 Å². The van der Waals surface area contributed by atoms with E-state index in [0.717, 1.165) is 33.8 Å². The van der Waals surface area contributed by atoms with Crippen LogP contribution < -0.4 is 41.1 Å². The molecule has 17 rings (SSSR count). The molecule has 4 N–H and O–H groups in total. The SMILES string of the molecule is Cc1ccc2c(=O)n(-c3ccc(Cl)c4c(NS(=O)(=O)C5CC5)nn(CC(F)F)c34)c(C(C)C)nc2n1.Cc1ccc2c(=O)n(-c3ccc(Cl)c4c(NS(C)(=O)=O)nn(C)c34)c(C(C)C)nc2n1.Cc1ccc2c(=O)n(-c3ccc(Cl)c4c(NS(C)(=O)=O)nn(CC(F)(F)F)c34)c(C(C)C)nc2n1.Cc1ccc2c(=O)n(-c3ccc(Cl)c4c(NS(C)(=O)=O)nn(CC(F)F)c34)c(C(C)C)nc2n1. The van der Waals surface area contributed by atoms with E-state index < -0.39 is 101 Å². The summed E-state index contributed by atoms with van der Waals surface area (Å²) in [5.74, 6) is -0.0783. The normalized spacial score (nSPS) is 13.0. The highest BCUT2D eigenvalue weighted by Gasteiger charge is 2.39. The van der Waals surface area contributed by atoms with Gasteiger partial charge in [0.2, 0.25) is 40.1 Å². The molecule has 0 radical (unpaired) electrons. The average molecular weight is 2040 g/mol. The molecule has 1 fully saturated rings. The number of fused-ring (bicyclic) bond motifs is 8. The van der Waals surface area contributed by atoms with Gasteiger partial charge in [-0.05, 0) is 138 Å². The fourth-order valence-corrected chi connectivity index (χ4v) is 19.1. The molecule has 51 heteroatoms. The number of benzene rings is 4. The molecule has 0 bridgehead atoms. The summed E-state index contributed by atoms with van der Waals surface area (Å²) in [6, 6.07) is 25.3. The first-order chi connectivity index (χ1) is 63.5. The molecule has 0 atom stereocenters. The first kappa shape index (κ1) is 99.6. The van der Waals surface area contributed by atoms with Gasteiger partial charge in [-0.2, -0.15) is 33.6 Å². The van der Waals surface area contributed by atoms with Gasteiger partial charge in [0.25, 0.3) is 35.1 Å². The van der Waals surface area contributed by atoms with Crippen molar-refractivity contribution in [1.29, 1.82) is 0 Å². The average Bonchev–Trinajstić information content (AvgIpc) is 1.54. The van der Waals surface area contributed by atoms with Crippen molar-refractivity contribution >= 4 is 198 Å². The molecular formula is C85H85Cl4F7N24O12S4. The van der Waals surface area contributed by atoms with Crippen LogP contribution in [0.4, 0.5) is 54.0 Å². The van der Waals surface area contributed by atoms with Gasteiger partial charge in [-0.15, -0.1) is 0 Å². The number of aromatic nitrogens is 20. The Labute approximate surface area is 789 Å². The van der Waals surface area contributed by atoms with Crippen molar-refractivity contribution in [3.05, 3.63) is 205 Å². The number of alkyl halides is 7. The molecule has 136 heavy (non-hydrogen) atoms. The van der Waals surface area contributed by atoms with E-state index in [0.29, 0.717) is 84.7 Å². The van der Waals surface area contributed by atoms with Crippen LogP contribution in [0.1, 0.15) is 138 Å². The Balaban J connectivity index is 0.000000145. The van der Waals surface area contributed by atoms with E-state index in [9.17, 15) is 83.6 Å². The quantitative estimate of drug-likeness (QED) is 0.0458. The molecule has 1 aliphatic rings. The van der Waals surface area contributed by atoms with Crippen molar-refractivity contribution < 1.29 is 64.4 Å². The number of hydrogen-bond acceptors (Lipinski definition) is 24. The van der Waals surface area contributed by atoms with Crippen molar-refractivity contribution in [2.45, 2.75) is 164 Å². The molecule has 0 spiro atoms. The van der Waals surface area contributed by atoms with Gasteiger partial charge < -0.3 is 0 Å². The van der Waals surface area contributed by atoms with Crippen LogP contribution in [0, 0.1) is 27.7 Å². The van der Waals surface area contributed by atoms with Crippen molar-refractivity contribution in [2.75, 3.05) is 37.7 Å². The van der Waals surface area contributed by atoms with Gasteiger partial charge in [0.05, 0.1) is 132 Å². The third-order valence-corrected chi connectivity index (χ3v) is 25.8. The van der Waals surface area contributed by atoms with Gasteiger partial charge in [-0.1, -0.05) is 102 Å². The maximum absolute atomic E-state index is 13.7. The number of nitrogens with zero attached hydrogens (tertiary/aromatic N) is 20. The summed E-state index contributed by atoms with van der Waals surface area (Å²) in [5, 5.41) is 17.8. The molecule has 0 saturated heterocycles. The third-order valence-electron chi connectivity index (χ3n) is 21.0. The lowest BCUT2D eigenvalue weighted by atomic mass is 10.1. The Morgan fingerprint density at radius 2 is 0.618 bits per heavy atom. The van der Waals surface area contributed by atoms with Crippen LogP contribution in [0.3, 0.4) is 0 Å². The minimum absolute atomic E-state index is 0.0198. The smallest absolute Gasteiger partial charge is 0.268 e.